The predicted molar refractivity (Wildman–Crippen MR) is 97.4 cm³/mol. The molecule has 1 aliphatic heterocycles. The minimum Gasteiger partial charge on any atom is -0.360 e. The number of aliphatic imine (C=N–C) groups is 1. The summed E-state index contributed by atoms with van der Waals surface area (Å²) in [6.07, 6.45) is 4.69. The van der Waals surface area contributed by atoms with Crippen molar-refractivity contribution < 1.29 is 0 Å². The van der Waals surface area contributed by atoms with E-state index in [1.54, 1.807) is 0 Å². The molecule has 0 amide bonds. The van der Waals surface area contributed by atoms with Crippen LogP contribution < -0.4 is 10.2 Å². The zero-order valence-electron chi connectivity index (χ0n) is 13.5. The van der Waals surface area contributed by atoms with Gasteiger partial charge in [0.25, 0.3) is 0 Å². The standard InChI is InChI=1S/C17H23N5S/c1-18-17(20-8-6-15-4-2-7-19-14-15)22-11-9-21(10-12-22)16-5-3-13-23-16/h2-5,7,13-14H,6,8-12H2,1H3,(H,18,20). The van der Waals surface area contributed by atoms with Crippen molar-refractivity contribution in [2.45, 2.75) is 6.42 Å². The molecule has 1 aliphatic rings. The van der Waals surface area contributed by atoms with Crippen molar-refractivity contribution in [2.75, 3.05) is 44.7 Å². The Bertz CT molecular complexity index is 603. The quantitative estimate of drug-likeness (QED) is 0.689. The van der Waals surface area contributed by atoms with E-state index in [9.17, 15) is 0 Å². The van der Waals surface area contributed by atoms with Gasteiger partial charge in [-0.2, -0.15) is 0 Å². The van der Waals surface area contributed by atoms with E-state index in [0.717, 1.165) is 45.1 Å². The van der Waals surface area contributed by atoms with Gasteiger partial charge in [-0.25, -0.2) is 0 Å². The summed E-state index contributed by atoms with van der Waals surface area (Å²) in [4.78, 5) is 13.4. The summed E-state index contributed by atoms with van der Waals surface area (Å²) in [5.74, 6) is 1.000. The SMILES string of the molecule is CN=C(NCCc1cccnc1)N1CCN(c2cccs2)CC1. The molecule has 0 aliphatic carbocycles. The number of piperazine rings is 1. The van der Waals surface area contributed by atoms with Gasteiger partial charge in [0.15, 0.2) is 5.96 Å². The lowest BCUT2D eigenvalue weighted by atomic mass is 10.2. The smallest absolute Gasteiger partial charge is 0.193 e. The molecule has 5 nitrogen and oxygen atoms in total. The lowest BCUT2D eigenvalue weighted by molar-refractivity contribution is 0.374. The average molecular weight is 329 g/mol. The zero-order chi connectivity index (χ0) is 15.9. The van der Waals surface area contributed by atoms with Crippen LogP contribution in [0.4, 0.5) is 5.00 Å². The summed E-state index contributed by atoms with van der Waals surface area (Å²) in [5.41, 5.74) is 1.25. The number of rotatable bonds is 4. The molecule has 1 fully saturated rings. The van der Waals surface area contributed by atoms with Crippen molar-refractivity contribution in [3.63, 3.8) is 0 Å². The number of nitrogens with zero attached hydrogens (tertiary/aromatic N) is 4. The fourth-order valence-corrected chi connectivity index (χ4v) is 3.57. The van der Waals surface area contributed by atoms with Gasteiger partial charge in [-0.1, -0.05) is 6.07 Å². The Morgan fingerprint density at radius 2 is 2.13 bits per heavy atom. The van der Waals surface area contributed by atoms with Gasteiger partial charge in [0.05, 0.1) is 5.00 Å². The predicted octanol–water partition coefficient (Wildman–Crippen LogP) is 2.08. The number of hydrogen-bond acceptors (Lipinski definition) is 4. The molecule has 2 aromatic heterocycles. The summed E-state index contributed by atoms with van der Waals surface area (Å²) in [6.45, 7) is 4.98. The highest BCUT2D eigenvalue weighted by Gasteiger charge is 2.19. The van der Waals surface area contributed by atoms with Gasteiger partial charge in [-0.05, 0) is 35.6 Å². The third-order valence-electron chi connectivity index (χ3n) is 4.03. The number of thiophene rings is 1. The Balaban J connectivity index is 1.46. The molecule has 0 radical (unpaired) electrons. The molecule has 0 bridgehead atoms. The maximum absolute atomic E-state index is 4.43. The van der Waals surface area contributed by atoms with Crippen molar-refractivity contribution in [2.24, 2.45) is 4.99 Å². The average Bonchev–Trinajstić information content (AvgIpc) is 3.15. The molecule has 0 saturated carbocycles. The van der Waals surface area contributed by atoms with E-state index in [1.165, 1.54) is 10.6 Å². The molecule has 23 heavy (non-hydrogen) atoms. The van der Waals surface area contributed by atoms with E-state index in [1.807, 2.05) is 36.8 Å². The van der Waals surface area contributed by atoms with Crippen LogP contribution in [0.5, 0.6) is 0 Å². The van der Waals surface area contributed by atoms with Crippen LogP contribution in [0, 0.1) is 0 Å². The van der Waals surface area contributed by atoms with E-state index in [4.69, 9.17) is 0 Å². The van der Waals surface area contributed by atoms with E-state index in [-0.39, 0.29) is 0 Å². The van der Waals surface area contributed by atoms with E-state index in [0.29, 0.717) is 0 Å². The van der Waals surface area contributed by atoms with Gasteiger partial charge in [0.2, 0.25) is 0 Å². The highest BCUT2D eigenvalue weighted by atomic mass is 32.1. The van der Waals surface area contributed by atoms with Gasteiger partial charge in [0, 0.05) is 52.2 Å². The minimum atomic E-state index is 0.878. The maximum atomic E-state index is 4.43. The van der Waals surface area contributed by atoms with Crippen LogP contribution in [-0.4, -0.2) is 55.6 Å². The largest absolute Gasteiger partial charge is 0.360 e. The zero-order valence-corrected chi connectivity index (χ0v) is 14.3. The van der Waals surface area contributed by atoms with Crippen LogP contribution in [0.2, 0.25) is 0 Å². The van der Waals surface area contributed by atoms with Crippen LogP contribution in [0.25, 0.3) is 0 Å². The lowest BCUT2D eigenvalue weighted by Crippen LogP contribution is -2.52. The Kier molecular flexibility index (Phi) is 5.47. The van der Waals surface area contributed by atoms with Crippen molar-refractivity contribution in [3.8, 4) is 0 Å². The number of nitrogens with one attached hydrogen (secondary N) is 1. The van der Waals surface area contributed by atoms with Crippen molar-refractivity contribution in [1.29, 1.82) is 0 Å². The lowest BCUT2D eigenvalue weighted by Gasteiger charge is -2.37. The monoisotopic (exact) mass is 329 g/mol. The molecule has 0 spiro atoms. The molecule has 2 aromatic rings. The van der Waals surface area contributed by atoms with E-state index in [2.05, 4.69) is 48.7 Å². The first-order valence-corrected chi connectivity index (χ1v) is 8.88. The summed E-state index contributed by atoms with van der Waals surface area (Å²) in [5, 5.41) is 6.97. The molecule has 0 unspecified atom stereocenters. The molecule has 0 atom stereocenters. The first-order valence-electron chi connectivity index (χ1n) is 8.00. The molecule has 3 rings (SSSR count). The second-order valence-electron chi connectivity index (χ2n) is 5.51. The van der Waals surface area contributed by atoms with Gasteiger partial charge < -0.3 is 15.1 Å². The van der Waals surface area contributed by atoms with Crippen LogP contribution >= 0.6 is 11.3 Å². The Labute approximate surface area is 141 Å². The highest BCUT2D eigenvalue weighted by Crippen LogP contribution is 2.22. The normalized spacial score (nSPS) is 15.8. The maximum Gasteiger partial charge on any atom is 0.193 e. The Morgan fingerprint density at radius 1 is 1.26 bits per heavy atom. The first kappa shape index (κ1) is 15.8. The fraction of sp³-hybridized carbons (Fsp3) is 0.412. The molecule has 0 aromatic carbocycles. The molecule has 1 saturated heterocycles. The summed E-state index contributed by atoms with van der Waals surface area (Å²) in [6, 6.07) is 8.40. The number of hydrogen-bond donors (Lipinski definition) is 1. The van der Waals surface area contributed by atoms with Gasteiger partial charge in [-0.3, -0.25) is 9.98 Å². The van der Waals surface area contributed by atoms with Crippen LogP contribution in [-0.2, 0) is 6.42 Å². The summed E-state index contributed by atoms with van der Waals surface area (Å²) in [7, 11) is 1.86. The fourth-order valence-electron chi connectivity index (χ4n) is 2.79. The molecule has 6 heteroatoms. The van der Waals surface area contributed by atoms with Gasteiger partial charge in [-0.15, -0.1) is 11.3 Å². The Morgan fingerprint density at radius 3 is 2.78 bits per heavy atom. The number of guanidine groups is 1. The molecule has 122 valence electrons. The number of aromatic nitrogens is 1. The second kappa shape index (κ2) is 7.97. The Hall–Kier alpha value is -2.08. The van der Waals surface area contributed by atoms with E-state index < -0.39 is 0 Å². The first-order chi connectivity index (χ1) is 11.4. The summed E-state index contributed by atoms with van der Waals surface area (Å²) < 4.78 is 0. The van der Waals surface area contributed by atoms with Crippen molar-refractivity contribution in [1.82, 2.24) is 15.2 Å². The molecular weight excluding hydrogens is 306 g/mol. The minimum absolute atomic E-state index is 0.878. The van der Waals surface area contributed by atoms with E-state index >= 15 is 0 Å². The van der Waals surface area contributed by atoms with Crippen LogP contribution in [0.3, 0.4) is 0 Å². The molecular formula is C17H23N5S. The van der Waals surface area contributed by atoms with Crippen molar-refractivity contribution in [3.05, 3.63) is 47.6 Å². The van der Waals surface area contributed by atoms with Crippen LogP contribution in [0.15, 0.2) is 47.0 Å². The number of anilines is 1. The third-order valence-corrected chi connectivity index (χ3v) is 4.96. The molecule has 1 N–H and O–H groups in total. The van der Waals surface area contributed by atoms with Gasteiger partial charge in [0.1, 0.15) is 0 Å². The second-order valence-corrected chi connectivity index (χ2v) is 6.44. The van der Waals surface area contributed by atoms with Crippen LogP contribution in [0.1, 0.15) is 5.56 Å². The summed E-state index contributed by atoms with van der Waals surface area (Å²) >= 11 is 1.81. The topological polar surface area (TPSA) is 43.8 Å². The highest BCUT2D eigenvalue weighted by molar-refractivity contribution is 7.14. The molecule has 3 heterocycles. The number of pyridine rings is 1. The third kappa shape index (κ3) is 4.22. The van der Waals surface area contributed by atoms with Gasteiger partial charge >= 0.3 is 0 Å². The van der Waals surface area contributed by atoms with Crippen molar-refractivity contribution >= 4 is 22.3 Å².